The van der Waals surface area contributed by atoms with Crippen molar-refractivity contribution in [3.8, 4) is 5.75 Å². The molecule has 0 spiro atoms. The van der Waals surface area contributed by atoms with E-state index in [1.54, 1.807) is 56.5 Å². The molecule has 3 rings (SSSR count). The number of fused-ring (bicyclic) bond motifs is 1. The normalized spacial score (nSPS) is 17.1. The molecule has 0 aromatic heterocycles. The van der Waals surface area contributed by atoms with E-state index in [9.17, 15) is 9.59 Å². The fourth-order valence-electron chi connectivity index (χ4n) is 4.09. The number of aliphatic imine (C=N–C) groups is 1. The molecule has 0 saturated heterocycles. The van der Waals surface area contributed by atoms with Crippen LogP contribution < -0.4 is 4.74 Å². The Hall–Kier alpha value is -2.70. The zero-order valence-electron chi connectivity index (χ0n) is 19.0. The van der Waals surface area contributed by atoms with Gasteiger partial charge < -0.3 is 14.4 Å². The number of rotatable bonds is 10. The van der Waals surface area contributed by atoms with E-state index in [-0.39, 0.29) is 18.8 Å². The number of ether oxygens (including phenoxy) is 2. The van der Waals surface area contributed by atoms with Gasteiger partial charge in [0.1, 0.15) is 17.8 Å². The van der Waals surface area contributed by atoms with Crippen LogP contribution in [0.5, 0.6) is 5.75 Å². The molecule has 0 N–H and O–H groups in total. The minimum absolute atomic E-state index is 0.137. The Morgan fingerprint density at radius 3 is 2.41 bits per heavy atom. The van der Waals surface area contributed by atoms with Gasteiger partial charge in [0.25, 0.3) is 0 Å². The number of carbonyl (C=O) groups excluding carboxylic acids is 2. The van der Waals surface area contributed by atoms with Gasteiger partial charge >= 0.3 is 5.97 Å². The highest BCUT2D eigenvalue weighted by Crippen LogP contribution is 2.46. The van der Waals surface area contributed by atoms with Crippen LogP contribution in [0.3, 0.4) is 0 Å². The van der Waals surface area contributed by atoms with E-state index in [1.807, 2.05) is 0 Å². The van der Waals surface area contributed by atoms with E-state index in [0.29, 0.717) is 39.8 Å². The van der Waals surface area contributed by atoms with Crippen LogP contribution in [0, 0.1) is 0 Å². The first-order chi connectivity index (χ1) is 15.3. The molecule has 32 heavy (non-hydrogen) atoms. The first kappa shape index (κ1) is 24.0. The summed E-state index contributed by atoms with van der Waals surface area (Å²) in [5.74, 6) is -0.0652. The maximum atomic E-state index is 13.9. The van der Waals surface area contributed by atoms with Crippen LogP contribution in [-0.2, 0) is 14.9 Å². The van der Waals surface area contributed by atoms with Crippen molar-refractivity contribution in [1.29, 1.82) is 0 Å². The monoisotopic (exact) mass is 456 g/mol. The van der Waals surface area contributed by atoms with Gasteiger partial charge in [0.15, 0.2) is 5.78 Å². The van der Waals surface area contributed by atoms with Gasteiger partial charge in [0.2, 0.25) is 0 Å². The van der Waals surface area contributed by atoms with Gasteiger partial charge in [0, 0.05) is 28.4 Å². The molecule has 1 aliphatic rings. The highest BCUT2D eigenvalue weighted by Gasteiger charge is 2.50. The van der Waals surface area contributed by atoms with Crippen LogP contribution in [0.25, 0.3) is 0 Å². The summed E-state index contributed by atoms with van der Waals surface area (Å²) in [6.07, 6.45) is -0.137. The first-order valence-electron chi connectivity index (χ1n) is 10.8. The lowest BCUT2D eigenvalue weighted by Gasteiger charge is -2.29. The summed E-state index contributed by atoms with van der Waals surface area (Å²) in [6, 6.07) is 12.1. The minimum atomic E-state index is -1.26. The number of hydrogen-bond donors (Lipinski definition) is 0. The second-order valence-electron chi connectivity index (χ2n) is 7.75. The Kier molecular flexibility index (Phi) is 7.69. The van der Waals surface area contributed by atoms with Crippen molar-refractivity contribution in [1.82, 2.24) is 4.90 Å². The van der Waals surface area contributed by atoms with Gasteiger partial charge in [-0.15, -0.1) is 0 Å². The zero-order chi connectivity index (χ0) is 23.3. The fraction of sp³-hybridized carbons (Fsp3) is 0.400. The van der Waals surface area contributed by atoms with Crippen molar-refractivity contribution < 1.29 is 19.1 Å². The van der Waals surface area contributed by atoms with Crippen LogP contribution in [0.2, 0.25) is 5.02 Å². The molecule has 1 aliphatic heterocycles. The lowest BCUT2D eigenvalue weighted by molar-refractivity contribution is -0.144. The molecule has 2 aromatic carbocycles. The topological polar surface area (TPSA) is 68.2 Å². The molecule has 7 heteroatoms. The molecular weight excluding hydrogens is 428 g/mol. The minimum Gasteiger partial charge on any atom is -0.497 e. The lowest BCUT2D eigenvalue weighted by Crippen LogP contribution is -2.43. The molecule has 0 radical (unpaired) electrons. The molecule has 0 saturated carbocycles. The summed E-state index contributed by atoms with van der Waals surface area (Å²) in [5.41, 5.74) is 1.05. The maximum absolute atomic E-state index is 13.9. The number of carbonyl (C=O) groups is 2. The van der Waals surface area contributed by atoms with Gasteiger partial charge in [-0.1, -0.05) is 25.4 Å². The lowest BCUT2D eigenvalue weighted by atomic mass is 9.70. The van der Waals surface area contributed by atoms with Crippen molar-refractivity contribution in [2.45, 2.75) is 32.6 Å². The Bertz CT molecular complexity index is 1020. The summed E-state index contributed by atoms with van der Waals surface area (Å²) in [5, 5.41) is 0.533. The predicted molar refractivity (Wildman–Crippen MR) is 127 cm³/mol. The third-order valence-corrected chi connectivity index (χ3v) is 6.29. The van der Waals surface area contributed by atoms with Gasteiger partial charge in [-0.2, -0.15) is 0 Å². The van der Waals surface area contributed by atoms with Crippen LogP contribution in [-0.4, -0.2) is 55.7 Å². The second kappa shape index (κ2) is 10.3. The van der Waals surface area contributed by atoms with Crippen molar-refractivity contribution in [2.24, 2.45) is 4.99 Å². The number of likely N-dealkylation sites (N-methyl/N-ethyl adjacent to an activating group) is 1. The Balaban J connectivity index is 1.97. The number of hydrogen-bond acceptors (Lipinski definition) is 6. The van der Waals surface area contributed by atoms with Crippen molar-refractivity contribution in [3.05, 3.63) is 58.6 Å². The molecule has 2 aromatic rings. The largest absolute Gasteiger partial charge is 0.497 e. The molecule has 0 amide bonds. The summed E-state index contributed by atoms with van der Waals surface area (Å²) in [7, 11) is 1.56. The first-order valence-corrected chi connectivity index (χ1v) is 11.2. The van der Waals surface area contributed by atoms with Crippen LogP contribution in [0.4, 0.5) is 5.69 Å². The summed E-state index contributed by atoms with van der Waals surface area (Å²) in [4.78, 5) is 33.6. The Morgan fingerprint density at radius 2 is 1.78 bits per heavy atom. The van der Waals surface area contributed by atoms with Gasteiger partial charge in [0.05, 0.1) is 19.2 Å². The van der Waals surface area contributed by atoms with Crippen molar-refractivity contribution in [2.75, 3.05) is 33.4 Å². The number of ketones is 1. The Labute approximate surface area is 194 Å². The fourth-order valence-corrected chi connectivity index (χ4v) is 4.21. The van der Waals surface area contributed by atoms with Crippen LogP contribution in [0.15, 0.2) is 47.5 Å². The summed E-state index contributed by atoms with van der Waals surface area (Å²) in [6.45, 7) is 8.59. The van der Waals surface area contributed by atoms with Gasteiger partial charge in [-0.05, 0) is 62.5 Å². The van der Waals surface area contributed by atoms with E-state index in [2.05, 4.69) is 23.7 Å². The number of halogens is 1. The quantitative estimate of drug-likeness (QED) is 0.377. The molecule has 1 heterocycles. The molecule has 1 atom stereocenters. The number of Topliss-reactive ketones (excluding diaryl/α,β-unsaturated/α-hetero) is 1. The van der Waals surface area contributed by atoms with E-state index < -0.39 is 11.4 Å². The molecule has 0 fully saturated rings. The molecule has 170 valence electrons. The van der Waals surface area contributed by atoms with Gasteiger partial charge in [-0.25, -0.2) is 0 Å². The third kappa shape index (κ3) is 4.71. The smallest absolute Gasteiger partial charge is 0.307 e. The second-order valence-corrected chi connectivity index (χ2v) is 8.18. The van der Waals surface area contributed by atoms with Crippen LogP contribution in [0.1, 0.15) is 43.1 Å². The molecule has 0 aliphatic carbocycles. The standard InChI is InChI=1S/C25H29ClN2O4/c1-5-28(6-2)13-14-32-23(29)16-25(24(30)18-7-9-19(26)10-8-18)17(3)27-22-12-11-20(31-4)15-21(22)25/h7-12,15H,5-6,13-14,16H2,1-4H3. The Morgan fingerprint density at radius 1 is 1.09 bits per heavy atom. The van der Waals surface area contributed by atoms with Gasteiger partial charge in [-0.3, -0.25) is 14.6 Å². The number of nitrogens with zero attached hydrogens (tertiary/aromatic N) is 2. The van der Waals surface area contributed by atoms with E-state index >= 15 is 0 Å². The zero-order valence-corrected chi connectivity index (χ0v) is 19.7. The molecule has 0 bridgehead atoms. The molecular formula is C25H29ClN2O4. The SMILES string of the molecule is CCN(CC)CCOC(=O)CC1(C(=O)c2ccc(Cl)cc2)C(C)=Nc2ccc(OC)cc21. The van der Waals surface area contributed by atoms with Crippen molar-refractivity contribution in [3.63, 3.8) is 0 Å². The average Bonchev–Trinajstić information content (AvgIpc) is 3.07. The molecule has 6 nitrogen and oxygen atoms in total. The maximum Gasteiger partial charge on any atom is 0.307 e. The summed E-state index contributed by atoms with van der Waals surface area (Å²) >= 11 is 6.02. The number of methoxy groups -OCH3 is 1. The average molecular weight is 457 g/mol. The molecule has 1 unspecified atom stereocenters. The highest BCUT2D eigenvalue weighted by atomic mass is 35.5. The van der Waals surface area contributed by atoms with E-state index in [4.69, 9.17) is 21.1 Å². The third-order valence-electron chi connectivity index (χ3n) is 6.04. The van der Waals surface area contributed by atoms with Crippen molar-refractivity contribution >= 4 is 34.8 Å². The summed E-state index contributed by atoms with van der Waals surface area (Å²) < 4.78 is 10.9. The predicted octanol–water partition coefficient (Wildman–Crippen LogP) is 4.85. The highest BCUT2D eigenvalue weighted by molar-refractivity contribution is 6.31. The van der Waals surface area contributed by atoms with E-state index in [1.165, 1.54) is 0 Å². The number of benzene rings is 2. The van der Waals surface area contributed by atoms with E-state index in [0.717, 1.165) is 13.1 Å². The van der Waals surface area contributed by atoms with Crippen LogP contribution >= 0.6 is 11.6 Å². The number of esters is 1.